The normalized spacial score (nSPS) is 18.2. The zero-order chi connectivity index (χ0) is 25.5. The predicted octanol–water partition coefficient (Wildman–Crippen LogP) is 3.82. The number of ether oxygens (including phenoxy) is 1. The topological polar surface area (TPSA) is 119 Å². The van der Waals surface area contributed by atoms with E-state index in [0.29, 0.717) is 17.7 Å². The van der Waals surface area contributed by atoms with Crippen molar-refractivity contribution in [3.05, 3.63) is 36.0 Å². The van der Waals surface area contributed by atoms with Crippen LogP contribution >= 0.6 is 0 Å². The first kappa shape index (κ1) is 29.4. The third-order valence-corrected chi connectivity index (χ3v) is 11.2. The molecule has 0 unspecified atom stereocenters. The Morgan fingerprint density at radius 1 is 0.909 bits per heavy atom. The molecule has 0 heterocycles. The van der Waals surface area contributed by atoms with Gasteiger partial charge in [0.2, 0.25) is 0 Å². The van der Waals surface area contributed by atoms with Gasteiger partial charge in [0.1, 0.15) is 0 Å². The van der Waals surface area contributed by atoms with Crippen LogP contribution < -0.4 is 0 Å². The van der Waals surface area contributed by atoms with Crippen LogP contribution in [-0.2, 0) is 29.6 Å². The highest BCUT2D eigenvalue weighted by Gasteiger charge is 2.21. The van der Waals surface area contributed by atoms with Gasteiger partial charge in [0.15, 0.2) is 0 Å². The van der Waals surface area contributed by atoms with Crippen LogP contribution in [0.1, 0.15) is 6.42 Å². The van der Waals surface area contributed by atoms with E-state index in [2.05, 4.69) is 52.8 Å². The first-order chi connectivity index (χ1) is 14.9. The molecule has 186 valence electrons. The largest absolute Gasteiger partial charge is 0.469 e. The van der Waals surface area contributed by atoms with Gasteiger partial charge in [-0.15, -0.1) is 0 Å². The molecule has 0 bridgehead atoms. The molecule has 0 aliphatic heterocycles. The molecule has 0 aromatic carbocycles. The van der Waals surface area contributed by atoms with Gasteiger partial charge in [-0.2, -0.15) is 8.80 Å². The summed E-state index contributed by atoms with van der Waals surface area (Å²) in [5, 5.41) is 0. The number of esters is 1. The average molecular weight is 533 g/mol. The Labute approximate surface area is 200 Å². The van der Waals surface area contributed by atoms with Gasteiger partial charge >= 0.3 is 5.97 Å². The predicted molar refractivity (Wildman–Crippen MR) is 142 cm³/mol. The molecule has 0 saturated carbocycles. The summed E-state index contributed by atoms with van der Waals surface area (Å²) in [4.78, 5) is 11.4. The average Bonchev–Trinajstić information content (AvgIpc) is 2.65. The van der Waals surface area contributed by atoms with Gasteiger partial charge in [-0.1, -0.05) is 51.4 Å². The van der Waals surface area contributed by atoms with E-state index in [1.807, 2.05) is 0 Å². The van der Waals surface area contributed by atoms with E-state index >= 15 is 0 Å². The van der Waals surface area contributed by atoms with E-state index in [0.717, 1.165) is 0 Å². The lowest BCUT2D eigenvalue weighted by molar-refractivity contribution is -0.139. The van der Waals surface area contributed by atoms with E-state index in [9.17, 15) is 21.6 Å². The summed E-state index contributed by atoms with van der Waals surface area (Å²) < 4.78 is 62.5. The molecule has 0 atom stereocenters. The summed E-state index contributed by atoms with van der Waals surface area (Å²) in [7, 11) is -9.26. The van der Waals surface area contributed by atoms with Gasteiger partial charge in [-0.25, -0.2) is 16.8 Å². The van der Waals surface area contributed by atoms with Crippen molar-refractivity contribution in [3.8, 4) is 0 Å². The van der Waals surface area contributed by atoms with Gasteiger partial charge in [0.25, 0.3) is 20.0 Å². The Morgan fingerprint density at radius 3 is 1.91 bits per heavy atom. The van der Waals surface area contributed by atoms with E-state index in [1.54, 1.807) is 0 Å². The SMILES string of the molecule is COC(=O)C/C=C/C1=CC(=N\S(=O)(=O)CC[Si](C)(C)C)/C=CC/1=N/S(=O)(=O)CC[Si](C)(C)C. The van der Waals surface area contributed by atoms with Gasteiger partial charge in [-0.3, -0.25) is 4.79 Å². The lowest BCUT2D eigenvalue weighted by atomic mass is 10.0. The van der Waals surface area contributed by atoms with E-state index in [4.69, 9.17) is 0 Å². The first-order valence-corrected chi connectivity index (χ1v) is 21.3. The summed E-state index contributed by atoms with van der Waals surface area (Å²) in [6.07, 6.45) is 7.37. The molecule has 1 aliphatic carbocycles. The highest BCUT2D eigenvalue weighted by atomic mass is 32.2. The van der Waals surface area contributed by atoms with Crippen LogP contribution in [0.2, 0.25) is 51.4 Å². The Kier molecular flexibility index (Phi) is 10.4. The summed E-state index contributed by atoms with van der Waals surface area (Å²) >= 11 is 0. The van der Waals surface area contributed by atoms with Gasteiger partial charge in [-0.05, 0) is 30.3 Å². The molecule has 0 N–H and O–H groups in total. The minimum Gasteiger partial charge on any atom is -0.469 e. The second-order valence-corrected chi connectivity index (χ2v) is 25.1. The number of allylic oxidation sites excluding steroid dienone is 5. The number of hydrogen-bond donors (Lipinski definition) is 0. The van der Waals surface area contributed by atoms with Crippen molar-refractivity contribution in [3.63, 3.8) is 0 Å². The first-order valence-electron chi connectivity index (χ1n) is 10.7. The molecule has 1 rings (SSSR count). The highest BCUT2D eigenvalue weighted by molar-refractivity contribution is 7.90. The van der Waals surface area contributed by atoms with Gasteiger partial charge < -0.3 is 4.74 Å². The van der Waals surface area contributed by atoms with Crippen LogP contribution in [0.3, 0.4) is 0 Å². The molecule has 0 saturated heterocycles. The van der Waals surface area contributed by atoms with Crippen molar-refractivity contribution in [2.24, 2.45) is 8.80 Å². The summed E-state index contributed by atoms with van der Waals surface area (Å²) in [5.41, 5.74) is 0.712. The van der Waals surface area contributed by atoms with E-state index in [1.165, 1.54) is 37.5 Å². The molecule has 33 heavy (non-hydrogen) atoms. The van der Waals surface area contributed by atoms with Crippen molar-refractivity contribution in [2.75, 3.05) is 18.6 Å². The highest BCUT2D eigenvalue weighted by Crippen LogP contribution is 2.17. The molecule has 1 aliphatic rings. The number of methoxy groups -OCH3 is 1. The number of nitrogens with zero attached hydrogens (tertiary/aromatic N) is 2. The van der Waals surface area contributed by atoms with Crippen LogP contribution in [0.15, 0.2) is 44.7 Å². The van der Waals surface area contributed by atoms with Crippen molar-refractivity contribution >= 4 is 53.6 Å². The molecule has 0 spiro atoms. The van der Waals surface area contributed by atoms with E-state index < -0.39 is 42.2 Å². The Bertz CT molecular complexity index is 1090. The number of sulfonamides is 2. The summed E-state index contributed by atoms with van der Waals surface area (Å²) in [6.45, 7) is 12.5. The van der Waals surface area contributed by atoms with Crippen LogP contribution in [0.4, 0.5) is 0 Å². The minimum atomic E-state index is -3.72. The fraction of sp³-hybridized carbons (Fsp3) is 0.571. The smallest absolute Gasteiger partial charge is 0.309 e. The zero-order valence-corrected chi connectivity index (χ0v) is 24.2. The van der Waals surface area contributed by atoms with Crippen molar-refractivity contribution < 1.29 is 26.4 Å². The molecule has 0 amide bonds. The van der Waals surface area contributed by atoms with Crippen molar-refractivity contribution in [2.45, 2.75) is 57.8 Å². The maximum atomic E-state index is 12.6. The summed E-state index contributed by atoms with van der Waals surface area (Å²) in [6, 6.07) is 1.17. The van der Waals surface area contributed by atoms with Crippen LogP contribution in [-0.4, -0.2) is 69.0 Å². The fourth-order valence-corrected chi connectivity index (χ4v) is 10.5. The molecular formula is C21H36N2O6S2Si2. The van der Waals surface area contributed by atoms with E-state index in [-0.39, 0.29) is 29.3 Å². The second-order valence-electron chi connectivity index (χ2n) is 10.3. The Hall–Kier alpha value is -1.64. The molecule has 0 fully saturated rings. The third kappa shape index (κ3) is 13.0. The molecule has 0 radical (unpaired) electrons. The van der Waals surface area contributed by atoms with Gasteiger partial charge in [0.05, 0.1) is 36.5 Å². The fourth-order valence-electron chi connectivity index (χ4n) is 2.45. The summed E-state index contributed by atoms with van der Waals surface area (Å²) in [5.74, 6) is -0.541. The minimum absolute atomic E-state index is 0.0196. The van der Waals surface area contributed by atoms with Crippen molar-refractivity contribution in [1.82, 2.24) is 0 Å². The number of carbonyl (C=O) groups excluding carboxylic acids is 1. The second kappa shape index (κ2) is 11.7. The lowest BCUT2D eigenvalue weighted by Gasteiger charge is -2.15. The molecule has 8 nitrogen and oxygen atoms in total. The Morgan fingerprint density at radius 2 is 1.42 bits per heavy atom. The quantitative estimate of drug-likeness (QED) is 0.227. The van der Waals surface area contributed by atoms with Crippen molar-refractivity contribution in [1.29, 1.82) is 0 Å². The lowest BCUT2D eigenvalue weighted by Crippen LogP contribution is -2.24. The third-order valence-electron chi connectivity index (χ3n) is 4.52. The maximum Gasteiger partial charge on any atom is 0.309 e. The molecule has 0 aromatic rings. The molecule has 12 heteroatoms. The monoisotopic (exact) mass is 532 g/mol. The van der Waals surface area contributed by atoms with Gasteiger partial charge in [0, 0.05) is 21.7 Å². The van der Waals surface area contributed by atoms with Crippen LogP contribution in [0.25, 0.3) is 0 Å². The van der Waals surface area contributed by atoms with Crippen LogP contribution in [0, 0.1) is 0 Å². The molecular weight excluding hydrogens is 497 g/mol. The maximum absolute atomic E-state index is 12.6. The number of rotatable bonds is 11. The number of hydrogen-bond acceptors (Lipinski definition) is 6. The van der Waals surface area contributed by atoms with Crippen LogP contribution in [0.5, 0.6) is 0 Å². The molecule has 0 aromatic heterocycles. The Balaban J connectivity index is 3.28. The number of carbonyl (C=O) groups is 1. The zero-order valence-electron chi connectivity index (χ0n) is 20.6. The standard InChI is InChI=1S/C21H36N2O6S2Si2/c1-29-21(24)10-8-9-18-17-19(22-30(25,26)13-15-32(2,3)4)11-12-20(18)23-31(27,28)14-16-33(5,6)7/h8-9,11-12,17H,10,13-16H2,1-7H3/b9-8+,22-19-,23-20-.